The number of halogens is 1. The minimum absolute atomic E-state index is 0. The van der Waals surface area contributed by atoms with Crippen molar-refractivity contribution >= 4 is 29.9 Å². The molecule has 0 aromatic heterocycles. The first-order valence-corrected chi connectivity index (χ1v) is 9.53. The number of aliphatic imine (C=N–C) groups is 1. The zero-order valence-electron chi connectivity index (χ0n) is 17.8. The first-order valence-electron chi connectivity index (χ1n) is 9.53. The van der Waals surface area contributed by atoms with Crippen molar-refractivity contribution in [2.24, 2.45) is 4.99 Å². The number of ether oxygens (including phenoxy) is 2. The largest absolute Gasteiger partial charge is 0.504 e. The van der Waals surface area contributed by atoms with Crippen LogP contribution < -0.4 is 20.1 Å². The van der Waals surface area contributed by atoms with Crippen molar-refractivity contribution in [3.63, 3.8) is 0 Å². The Morgan fingerprint density at radius 1 is 1.10 bits per heavy atom. The van der Waals surface area contributed by atoms with E-state index in [-0.39, 0.29) is 35.8 Å². The molecule has 160 valence electrons. The summed E-state index contributed by atoms with van der Waals surface area (Å²) in [7, 11) is 3.23. The first-order chi connectivity index (χ1) is 13.5. The van der Waals surface area contributed by atoms with Crippen LogP contribution in [-0.4, -0.2) is 38.4 Å². The summed E-state index contributed by atoms with van der Waals surface area (Å²) in [6.07, 6.45) is 0.745. The normalized spacial score (nSPS) is 12.0. The Labute approximate surface area is 190 Å². The summed E-state index contributed by atoms with van der Waals surface area (Å²) in [6.45, 7) is 7.59. The predicted molar refractivity (Wildman–Crippen MR) is 129 cm³/mol. The second kappa shape index (κ2) is 12.4. The number of benzene rings is 2. The summed E-state index contributed by atoms with van der Waals surface area (Å²) in [6, 6.07) is 11.6. The maximum atomic E-state index is 9.71. The number of hydrogen-bond donors (Lipinski definition) is 3. The van der Waals surface area contributed by atoms with Gasteiger partial charge in [0.05, 0.1) is 20.3 Å². The third-order valence-electron chi connectivity index (χ3n) is 4.46. The lowest BCUT2D eigenvalue weighted by Gasteiger charge is -2.20. The summed E-state index contributed by atoms with van der Waals surface area (Å²) < 4.78 is 10.7. The highest BCUT2D eigenvalue weighted by molar-refractivity contribution is 14.0. The second-order valence-electron chi connectivity index (χ2n) is 6.63. The van der Waals surface area contributed by atoms with Crippen molar-refractivity contribution in [2.45, 2.75) is 33.2 Å². The van der Waals surface area contributed by atoms with Gasteiger partial charge in [-0.15, -0.1) is 24.0 Å². The standard InChI is InChI=1S/C22H31N3O3.HI/c1-6-23-22(24-12-11-17-8-9-19(26)21(14-17)28-5)25-16(3)18-13-15(2)7-10-20(18)27-4;/h7-10,13-14,16,26H,6,11-12H2,1-5H3,(H2,23,24,25);1H. The number of methoxy groups -OCH3 is 2. The number of phenolic OH excluding ortho intramolecular Hbond substituents is 1. The summed E-state index contributed by atoms with van der Waals surface area (Å²) in [5, 5.41) is 16.4. The number of guanidine groups is 1. The zero-order chi connectivity index (χ0) is 20.5. The van der Waals surface area contributed by atoms with Crippen molar-refractivity contribution in [3.05, 3.63) is 53.1 Å². The highest BCUT2D eigenvalue weighted by Crippen LogP contribution is 2.27. The van der Waals surface area contributed by atoms with Gasteiger partial charge in [-0.25, -0.2) is 0 Å². The molecule has 2 aromatic carbocycles. The smallest absolute Gasteiger partial charge is 0.191 e. The molecule has 7 heteroatoms. The van der Waals surface area contributed by atoms with E-state index in [9.17, 15) is 5.11 Å². The maximum Gasteiger partial charge on any atom is 0.191 e. The number of nitrogens with zero attached hydrogens (tertiary/aromatic N) is 1. The third-order valence-corrected chi connectivity index (χ3v) is 4.46. The van der Waals surface area contributed by atoms with E-state index < -0.39 is 0 Å². The lowest BCUT2D eigenvalue weighted by Crippen LogP contribution is -2.39. The van der Waals surface area contributed by atoms with Crippen molar-refractivity contribution in [3.8, 4) is 17.2 Å². The predicted octanol–water partition coefficient (Wildman–Crippen LogP) is 4.19. The maximum absolute atomic E-state index is 9.71. The van der Waals surface area contributed by atoms with E-state index in [0.717, 1.165) is 35.8 Å². The molecule has 0 bridgehead atoms. The number of aryl methyl sites for hydroxylation is 1. The van der Waals surface area contributed by atoms with E-state index in [0.29, 0.717) is 12.3 Å². The van der Waals surface area contributed by atoms with E-state index >= 15 is 0 Å². The topological polar surface area (TPSA) is 75.1 Å². The highest BCUT2D eigenvalue weighted by Gasteiger charge is 2.13. The molecule has 0 radical (unpaired) electrons. The lowest BCUT2D eigenvalue weighted by molar-refractivity contribution is 0.373. The van der Waals surface area contributed by atoms with Gasteiger partial charge in [0.25, 0.3) is 0 Å². The molecule has 0 fully saturated rings. The van der Waals surface area contributed by atoms with E-state index in [1.54, 1.807) is 20.3 Å². The van der Waals surface area contributed by atoms with Gasteiger partial charge in [0.2, 0.25) is 0 Å². The monoisotopic (exact) mass is 513 g/mol. The van der Waals surface area contributed by atoms with Crippen LogP contribution >= 0.6 is 24.0 Å². The van der Waals surface area contributed by atoms with E-state index in [4.69, 9.17) is 9.47 Å². The Hall–Kier alpha value is -2.16. The number of hydrogen-bond acceptors (Lipinski definition) is 4. The van der Waals surface area contributed by atoms with Crippen molar-refractivity contribution in [2.75, 3.05) is 27.3 Å². The highest BCUT2D eigenvalue weighted by atomic mass is 127. The van der Waals surface area contributed by atoms with Gasteiger partial charge in [-0.3, -0.25) is 4.99 Å². The van der Waals surface area contributed by atoms with E-state index in [1.807, 2.05) is 31.2 Å². The van der Waals surface area contributed by atoms with Gasteiger partial charge in [0, 0.05) is 18.7 Å². The average molecular weight is 513 g/mol. The van der Waals surface area contributed by atoms with Crippen LogP contribution in [-0.2, 0) is 6.42 Å². The summed E-state index contributed by atoms with van der Waals surface area (Å²) in [5.74, 6) is 2.24. The van der Waals surface area contributed by atoms with Gasteiger partial charge >= 0.3 is 0 Å². The summed E-state index contributed by atoms with van der Waals surface area (Å²) >= 11 is 0. The number of rotatable bonds is 8. The van der Waals surface area contributed by atoms with Crippen molar-refractivity contribution in [1.82, 2.24) is 10.6 Å². The molecule has 6 nitrogen and oxygen atoms in total. The fourth-order valence-electron chi connectivity index (χ4n) is 2.97. The molecule has 0 saturated heterocycles. The molecule has 0 heterocycles. The quantitative estimate of drug-likeness (QED) is 0.281. The molecule has 29 heavy (non-hydrogen) atoms. The Morgan fingerprint density at radius 3 is 2.48 bits per heavy atom. The molecule has 3 N–H and O–H groups in total. The molecule has 1 unspecified atom stereocenters. The molecule has 0 saturated carbocycles. The minimum Gasteiger partial charge on any atom is -0.504 e. The van der Waals surface area contributed by atoms with Gasteiger partial charge < -0.3 is 25.2 Å². The molecule has 0 aliphatic carbocycles. The fourth-order valence-corrected chi connectivity index (χ4v) is 2.97. The van der Waals surface area contributed by atoms with Crippen molar-refractivity contribution in [1.29, 1.82) is 0 Å². The Balaban J connectivity index is 0.00000420. The third kappa shape index (κ3) is 7.30. The van der Waals surface area contributed by atoms with Gasteiger partial charge in [-0.1, -0.05) is 23.8 Å². The number of phenols is 1. The van der Waals surface area contributed by atoms with Gasteiger partial charge in [0.1, 0.15) is 5.75 Å². The minimum atomic E-state index is 0. The van der Waals surface area contributed by atoms with Crippen LogP contribution in [0.3, 0.4) is 0 Å². The number of aromatic hydroxyl groups is 1. The molecule has 0 aliphatic heterocycles. The molecular weight excluding hydrogens is 481 g/mol. The van der Waals surface area contributed by atoms with Crippen LogP contribution in [0.15, 0.2) is 41.4 Å². The van der Waals surface area contributed by atoms with Gasteiger partial charge in [-0.05, 0) is 51.0 Å². The Kier molecular flexibility index (Phi) is 10.6. The second-order valence-corrected chi connectivity index (χ2v) is 6.63. The summed E-state index contributed by atoms with van der Waals surface area (Å²) in [5.41, 5.74) is 3.34. The van der Waals surface area contributed by atoms with Crippen LogP contribution in [0.4, 0.5) is 0 Å². The first kappa shape index (κ1) is 24.9. The molecule has 0 amide bonds. The van der Waals surface area contributed by atoms with Crippen molar-refractivity contribution < 1.29 is 14.6 Å². The molecule has 2 aromatic rings. The fraction of sp³-hybridized carbons (Fsp3) is 0.409. The zero-order valence-corrected chi connectivity index (χ0v) is 20.1. The SMILES string of the molecule is CCNC(=NCCc1ccc(O)c(OC)c1)NC(C)c1cc(C)ccc1OC.I. The van der Waals surface area contributed by atoms with Gasteiger partial charge in [-0.2, -0.15) is 0 Å². The number of nitrogens with one attached hydrogen (secondary N) is 2. The van der Waals surface area contributed by atoms with Crippen LogP contribution in [0.2, 0.25) is 0 Å². The molecule has 0 spiro atoms. The molecule has 2 rings (SSSR count). The van der Waals surface area contributed by atoms with Crippen LogP contribution in [0.1, 0.15) is 36.6 Å². The van der Waals surface area contributed by atoms with Crippen LogP contribution in [0.25, 0.3) is 0 Å². The molecule has 0 aliphatic rings. The van der Waals surface area contributed by atoms with E-state index in [2.05, 4.69) is 35.5 Å². The molecular formula is C22H32IN3O3. The lowest BCUT2D eigenvalue weighted by atomic mass is 10.0. The molecule has 1 atom stereocenters. The van der Waals surface area contributed by atoms with Crippen LogP contribution in [0, 0.1) is 6.92 Å². The van der Waals surface area contributed by atoms with E-state index in [1.165, 1.54) is 5.56 Å². The average Bonchev–Trinajstić information content (AvgIpc) is 2.69. The Morgan fingerprint density at radius 2 is 1.83 bits per heavy atom. The summed E-state index contributed by atoms with van der Waals surface area (Å²) in [4.78, 5) is 4.68. The Bertz CT molecular complexity index is 812. The van der Waals surface area contributed by atoms with Gasteiger partial charge in [0.15, 0.2) is 17.5 Å². The van der Waals surface area contributed by atoms with Crippen LogP contribution in [0.5, 0.6) is 17.2 Å².